The summed E-state index contributed by atoms with van der Waals surface area (Å²) in [7, 11) is 0. The van der Waals surface area contributed by atoms with E-state index in [0.717, 1.165) is 77.0 Å². The van der Waals surface area contributed by atoms with Crippen molar-refractivity contribution in [2.24, 2.45) is 10.8 Å². The molecule has 59 heavy (non-hydrogen) atoms. The molecule has 19 nitrogen and oxygen atoms in total. The Morgan fingerprint density at radius 2 is 0.458 bits per heavy atom. The number of carbonyl (C=O) groups is 6. The smallest absolute Gasteiger partial charge is 0.303 e. The van der Waals surface area contributed by atoms with Crippen LogP contribution in [0.25, 0.3) is 0 Å². The van der Waals surface area contributed by atoms with E-state index in [-0.39, 0.29) is 13.2 Å². The number of ether oxygens (including phenoxy) is 1. The maximum absolute atomic E-state index is 9.76. The Labute approximate surface area is 351 Å². The topological polar surface area (TPSA) is 354 Å². The van der Waals surface area contributed by atoms with Crippen LogP contribution in [0, 0.1) is 10.8 Å². The molecule has 0 rings (SSSR count). The van der Waals surface area contributed by atoms with Crippen LogP contribution in [0.4, 0.5) is 0 Å². The summed E-state index contributed by atoms with van der Waals surface area (Å²) in [6.45, 7) is 8.85. The lowest BCUT2D eigenvalue weighted by atomic mass is 9.91. The normalized spacial score (nSPS) is 9.97. The van der Waals surface area contributed by atoms with Gasteiger partial charge in [0.25, 0.3) is 0 Å². The maximum Gasteiger partial charge on any atom is 0.303 e. The van der Waals surface area contributed by atoms with Crippen LogP contribution in [0.3, 0.4) is 0 Å². The molecule has 0 radical (unpaired) electrons. The Kier molecular flexibility index (Phi) is 64.8. The molecule has 0 aliphatic carbocycles. The second-order valence-electron chi connectivity index (χ2n) is 13.4. The minimum atomic E-state index is -1.16. The summed E-state index contributed by atoms with van der Waals surface area (Å²) in [5.74, 6) is -4.16. The number of rotatable bonds is 28. The third-order valence-electron chi connectivity index (χ3n) is 7.29. The molecule has 0 amide bonds. The fourth-order valence-corrected chi connectivity index (χ4v) is 3.03. The summed E-state index contributed by atoms with van der Waals surface area (Å²) in [6.07, 6.45) is 12.5. The van der Waals surface area contributed by atoms with E-state index >= 15 is 0 Å². The van der Waals surface area contributed by atoms with Gasteiger partial charge in [-0.3, -0.25) is 28.8 Å². The standard InChI is InChI=1S/C10H22O7.6C5H10O2/c11-1-9(2-12,3-13)7-17-8-10(4-14,5-15)6-16;6*1-2-3-4-5(6)7/h11-16H,1-8H2;6*2-4H2,1H3,(H,6,7). The minimum Gasteiger partial charge on any atom is -0.481 e. The molecule has 0 bridgehead atoms. The summed E-state index contributed by atoms with van der Waals surface area (Å²) >= 11 is 0. The van der Waals surface area contributed by atoms with Gasteiger partial charge in [-0.1, -0.05) is 80.1 Å². The number of aliphatic hydroxyl groups excluding tert-OH is 6. The second-order valence-corrected chi connectivity index (χ2v) is 13.4. The minimum absolute atomic E-state index is 0.141. The average Bonchev–Trinajstić information content (AvgIpc) is 3.21. The number of hydrogen-bond acceptors (Lipinski definition) is 13. The van der Waals surface area contributed by atoms with Crippen LogP contribution < -0.4 is 0 Å². The summed E-state index contributed by atoms with van der Waals surface area (Å²) in [4.78, 5) is 58.5. The van der Waals surface area contributed by atoms with Gasteiger partial charge < -0.3 is 66.0 Å². The van der Waals surface area contributed by atoms with Crippen LogP contribution in [0.15, 0.2) is 0 Å². The number of hydrogen-bond donors (Lipinski definition) is 12. The molecule has 0 saturated heterocycles. The molecule has 12 N–H and O–H groups in total. The van der Waals surface area contributed by atoms with Gasteiger partial charge in [0, 0.05) is 38.5 Å². The zero-order valence-corrected chi connectivity index (χ0v) is 36.6. The Morgan fingerprint density at radius 3 is 0.525 bits per heavy atom. The zero-order chi connectivity index (χ0) is 47.6. The predicted molar refractivity (Wildman–Crippen MR) is 221 cm³/mol. The molecule has 0 aliphatic rings. The number of carboxylic acid groups (broad SMARTS) is 6. The zero-order valence-electron chi connectivity index (χ0n) is 36.6. The van der Waals surface area contributed by atoms with Crippen molar-refractivity contribution in [3.05, 3.63) is 0 Å². The van der Waals surface area contributed by atoms with E-state index in [1.54, 1.807) is 0 Å². The molecule has 0 atom stereocenters. The van der Waals surface area contributed by atoms with Crippen LogP contribution in [-0.4, -0.2) is 150 Å². The molecule has 0 saturated carbocycles. The number of carboxylic acids is 6. The summed E-state index contributed by atoms with van der Waals surface area (Å²) in [5, 5.41) is 102. The first-order chi connectivity index (χ1) is 27.7. The first kappa shape index (κ1) is 70.1. The number of unbranched alkanes of at least 4 members (excludes halogenated alkanes) is 6. The number of aliphatic carboxylic acids is 6. The van der Waals surface area contributed by atoms with E-state index in [0.29, 0.717) is 38.5 Å². The van der Waals surface area contributed by atoms with Gasteiger partial charge in [-0.15, -0.1) is 0 Å². The van der Waals surface area contributed by atoms with Crippen LogP contribution in [0.1, 0.15) is 157 Å². The van der Waals surface area contributed by atoms with Crippen molar-refractivity contribution in [2.75, 3.05) is 52.9 Å². The van der Waals surface area contributed by atoms with Crippen molar-refractivity contribution in [3.63, 3.8) is 0 Å². The number of aliphatic hydroxyl groups is 6. The molecule has 0 aromatic rings. The average molecular weight is 867 g/mol. The third-order valence-corrected chi connectivity index (χ3v) is 7.29. The SMILES string of the molecule is CCCCC(=O)O.CCCCC(=O)O.CCCCC(=O)O.CCCCC(=O)O.CCCCC(=O)O.CCCCC(=O)O.OCC(CO)(CO)COCC(CO)(CO)CO. The van der Waals surface area contributed by atoms with Crippen LogP contribution in [-0.2, 0) is 33.5 Å². The lowest BCUT2D eigenvalue weighted by Crippen LogP contribution is -2.43. The molecular formula is C40H82O19. The Morgan fingerprint density at radius 1 is 0.322 bits per heavy atom. The third kappa shape index (κ3) is 69.5. The van der Waals surface area contributed by atoms with Crippen molar-refractivity contribution in [1.82, 2.24) is 0 Å². The Bertz CT molecular complexity index is 776. The van der Waals surface area contributed by atoms with E-state index in [9.17, 15) is 28.8 Å². The maximum atomic E-state index is 9.76. The highest BCUT2D eigenvalue weighted by molar-refractivity contribution is 5.68. The highest BCUT2D eigenvalue weighted by atomic mass is 16.5. The lowest BCUT2D eigenvalue weighted by Gasteiger charge is -2.31. The summed E-state index contributed by atoms with van der Waals surface area (Å²) < 4.78 is 5.15. The summed E-state index contributed by atoms with van der Waals surface area (Å²) in [5.41, 5.74) is -2.32. The largest absolute Gasteiger partial charge is 0.481 e. The fraction of sp³-hybridized carbons (Fsp3) is 0.850. The van der Waals surface area contributed by atoms with Gasteiger partial charge in [0.1, 0.15) is 0 Å². The van der Waals surface area contributed by atoms with Crippen molar-refractivity contribution in [3.8, 4) is 0 Å². The molecule has 356 valence electrons. The van der Waals surface area contributed by atoms with Crippen LogP contribution >= 0.6 is 0 Å². The monoisotopic (exact) mass is 867 g/mol. The van der Waals surface area contributed by atoms with E-state index < -0.39 is 86.3 Å². The first-order valence-corrected chi connectivity index (χ1v) is 20.2. The summed E-state index contributed by atoms with van der Waals surface area (Å²) in [6, 6.07) is 0. The van der Waals surface area contributed by atoms with Gasteiger partial charge in [0.15, 0.2) is 0 Å². The van der Waals surface area contributed by atoms with Gasteiger partial charge in [-0.25, -0.2) is 0 Å². The Balaban J connectivity index is -0.000000112. The lowest BCUT2D eigenvalue weighted by molar-refractivity contribution is -0.138. The quantitative estimate of drug-likeness (QED) is 0.0515. The highest BCUT2D eigenvalue weighted by Crippen LogP contribution is 2.19. The van der Waals surface area contributed by atoms with E-state index in [2.05, 4.69) is 0 Å². The Hall–Kier alpha value is -3.46. The molecule has 0 fully saturated rings. The van der Waals surface area contributed by atoms with Crippen molar-refractivity contribution >= 4 is 35.8 Å². The highest BCUT2D eigenvalue weighted by Gasteiger charge is 2.32. The van der Waals surface area contributed by atoms with E-state index in [1.807, 2.05) is 41.5 Å². The molecule has 19 heteroatoms. The molecule has 0 aromatic carbocycles. The van der Waals surface area contributed by atoms with Gasteiger partial charge in [0.2, 0.25) is 0 Å². The molecular weight excluding hydrogens is 784 g/mol. The van der Waals surface area contributed by atoms with E-state index in [4.69, 9.17) is 66.0 Å². The van der Waals surface area contributed by atoms with Crippen molar-refractivity contribution < 1.29 is 94.8 Å². The van der Waals surface area contributed by atoms with Gasteiger partial charge >= 0.3 is 35.8 Å². The van der Waals surface area contributed by atoms with Crippen molar-refractivity contribution in [1.29, 1.82) is 0 Å². The van der Waals surface area contributed by atoms with Gasteiger partial charge in [-0.2, -0.15) is 0 Å². The molecule has 0 aromatic heterocycles. The second kappa shape index (κ2) is 54.5. The van der Waals surface area contributed by atoms with Crippen LogP contribution in [0.5, 0.6) is 0 Å². The van der Waals surface area contributed by atoms with Crippen LogP contribution in [0.2, 0.25) is 0 Å². The predicted octanol–water partition coefficient (Wildman–Crippen LogP) is 4.50. The van der Waals surface area contributed by atoms with E-state index in [1.165, 1.54) is 0 Å². The van der Waals surface area contributed by atoms with Crippen molar-refractivity contribution in [2.45, 2.75) is 157 Å². The molecule has 0 heterocycles. The first-order valence-electron chi connectivity index (χ1n) is 20.2. The molecule has 0 spiro atoms. The van der Waals surface area contributed by atoms with Gasteiger partial charge in [0.05, 0.1) is 63.7 Å². The molecule has 0 unspecified atom stereocenters. The van der Waals surface area contributed by atoms with Gasteiger partial charge in [-0.05, 0) is 38.5 Å². The molecule has 0 aliphatic heterocycles. The fourth-order valence-electron chi connectivity index (χ4n) is 3.03.